The fourth-order valence-corrected chi connectivity index (χ4v) is 1.93. The number of nitrogens with one attached hydrogen (secondary N) is 1. The Kier molecular flexibility index (Phi) is 5.35. The average Bonchev–Trinajstić information content (AvgIpc) is 2.59. The molecule has 7 heteroatoms. The number of amides is 1. The molecule has 1 N–H and O–H groups in total. The molecule has 0 aliphatic carbocycles. The zero-order chi connectivity index (χ0) is 18.4. The van der Waals surface area contributed by atoms with Crippen LogP contribution in [0.3, 0.4) is 0 Å². The number of para-hydroxylation sites is 1. The maximum atomic E-state index is 12.4. The van der Waals surface area contributed by atoms with E-state index >= 15 is 0 Å². The molecule has 25 heavy (non-hydrogen) atoms. The number of alkyl halides is 3. The number of rotatable bonds is 4. The van der Waals surface area contributed by atoms with Gasteiger partial charge in [-0.15, -0.1) is 0 Å². The van der Waals surface area contributed by atoms with E-state index in [9.17, 15) is 22.8 Å². The van der Waals surface area contributed by atoms with Gasteiger partial charge in [0.05, 0.1) is 17.3 Å². The lowest BCUT2D eigenvalue weighted by Crippen LogP contribution is -2.30. The molecule has 2 rings (SSSR count). The van der Waals surface area contributed by atoms with Gasteiger partial charge in [0.15, 0.2) is 5.78 Å². The zero-order valence-electron chi connectivity index (χ0n) is 12.7. The third-order valence-electron chi connectivity index (χ3n) is 3.17. The number of hydrogen-bond donors (Lipinski definition) is 1. The molecular weight excluding hydrogens is 333 g/mol. The minimum absolute atomic E-state index is 0.0648. The molecule has 126 valence electrons. The Morgan fingerprint density at radius 1 is 1.04 bits per heavy atom. The highest BCUT2D eigenvalue weighted by Gasteiger charge is 2.39. The number of ketones is 1. The second-order valence-corrected chi connectivity index (χ2v) is 4.93. The minimum Gasteiger partial charge on any atom is -0.318 e. The van der Waals surface area contributed by atoms with Gasteiger partial charge in [-0.25, -0.2) is 0 Å². The van der Waals surface area contributed by atoms with E-state index in [-0.39, 0.29) is 11.3 Å². The van der Waals surface area contributed by atoms with Gasteiger partial charge in [-0.1, -0.05) is 30.3 Å². The summed E-state index contributed by atoms with van der Waals surface area (Å²) < 4.78 is 37.1. The van der Waals surface area contributed by atoms with Crippen molar-refractivity contribution in [2.75, 3.05) is 5.32 Å². The number of anilines is 1. The molecule has 0 bridgehead atoms. The van der Waals surface area contributed by atoms with Gasteiger partial charge in [-0.05, 0) is 35.9 Å². The summed E-state index contributed by atoms with van der Waals surface area (Å²) in [7, 11) is 0. The Balaban J connectivity index is 2.20. The Hall–Kier alpha value is -3.40. The highest BCUT2D eigenvalue weighted by atomic mass is 19.4. The summed E-state index contributed by atoms with van der Waals surface area (Å²) >= 11 is 0. The highest BCUT2D eigenvalue weighted by Crippen LogP contribution is 2.21. The number of carbonyl (C=O) groups excluding carboxylic acids is 2. The van der Waals surface area contributed by atoms with Crippen LogP contribution in [0, 0.1) is 11.3 Å². The number of halogens is 3. The lowest BCUT2D eigenvalue weighted by molar-refractivity contribution is -0.167. The van der Waals surface area contributed by atoms with Crippen LogP contribution >= 0.6 is 0 Å². The van der Waals surface area contributed by atoms with Crippen LogP contribution in [0.4, 0.5) is 18.9 Å². The standard InChI is InChI=1S/C18H11F3N2O2/c19-18(20,21)17(25)23-15-4-2-1-3-14(15)16(24)10-9-12-5-7-13(11-22)8-6-12/h1-10H,(H,23,25)/b10-9+. The molecule has 4 nitrogen and oxygen atoms in total. The van der Waals surface area contributed by atoms with Gasteiger partial charge in [0.25, 0.3) is 0 Å². The topological polar surface area (TPSA) is 70.0 Å². The Bertz CT molecular complexity index is 863. The zero-order valence-corrected chi connectivity index (χ0v) is 12.7. The molecule has 0 saturated carbocycles. The molecule has 2 aromatic rings. The van der Waals surface area contributed by atoms with Gasteiger partial charge >= 0.3 is 12.1 Å². The third kappa shape index (κ3) is 4.78. The molecule has 0 radical (unpaired) electrons. The predicted octanol–water partition coefficient (Wildman–Crippen LogP) is 3.96. The second kappa shape index (κ2) is 7.45. The van der Waals surface area contributed by atoms with Gasteiger partial charge in [0.1, 0.15) is 0 Å². The molecule has 0 aliphatic heterocycles. The summed E-state index contributed by atoms with van der Waals surface area (Å²) in [6.07, 6.45) is -2.40. The average molecular weight is 344 g/mol. The van der Waals surface area contributed by atoms with E-state index in [1.54, 1.807) is 29.6 Å². The maximum absolute atomic E-state index is 12.4. The normalized spacial score (nSPS) is 11.1. The van der Waals surface area contributed by atoms with Gasteiger partial charge in [-0.3, -0.25) is 9.59 Å². The van der Waals surface area contributed by atoms with E-state index in [0.717, 1.165) is 0 Å². The van der Waals surface area contributed by atoms with Crippen molar-refractivity contribution < 1.29 is 22.8 Å². The van der Waals surface area contributed by atoms with Crippen molar-refractivity contribution in [3.8, 4) is 6.07 Å². The highest BCUT2D eigenvalue weighted by molar-refractivity contribution is 6.12. The molecule has 0 saturated heterocycles. The monoisotopic (exact) mass is 344 g/mol. The predicted molar refractivity (Wildman–Crippen MR) is 85.6 cm³/mol. The molecule has 0 aliphatic rings. The minimum atomic E-state index is -5.05. The first-order valence-electron chi connectivity index (χ1n) is 7.01. The molecule has 0 unspecified atom stereocenters. The Morgan fingerprint density at radius 3 is 2.28 bits per heavy atom. The van der Waals surface area contributed by atoms with Gasteiger partial charge in [-0.2, -0.15) is 18.4 Å². The summed E-state index contributed by atoms with van der Waals surface area (Å²) in [4.78, 5) is 23.3. The molecule has 0 fully saturated rings. The largest absolute Gasteiger partial charge is 0.471 e. The SMILES string of the molecule is N#Cc1ccc(/C=C/C(=O)c2ccccc2NC(=O)C(F)(F)F)cc1. The Morgan fingerprint density at radius 2 is 1.68 bits per heavy atom. The number of nitriles is 1. The van der Waals surface area contributed by atoms with E-state index in [2.05, 4.69) is 0 Å². The first-order valence-corrected chi connectivity index (χ1v) is 7.01. The molecule has 0 atom stereocenters. The third-order valence-corrected chi connectivity index (χ3v) is 3.17. The van der Waals surface area contributed by atoms with E-state index in [4.69, 9.17) is 5.26 Å². The molecule has 1 amide bonds. The van der Waals surface area contributed by atoms with Crippen LogP contribution in [-0.2, 0) is 4.79 Å². The van der Waals surface area contributed by atoms with Gasteiger partial charge in [0.2, 0.25) is 0 Å². The molecule has 0 heterocycles. The van der Waals surface area contributed by atoms with E-state index in [1.165, 1.54) is 36.4 Å². The quantitative estimate of drug-likeness (QED) is 0.674. The summed E-state index contributed by atoms with van der Waals surface area (Å²) in [5, 5.41) is 10.4. The van der Waals surface area contributed by atoms with Crippen LogP contribution < -0.4 is 5.32 Å². The van der Waals surface area contributed by atoms with Crippen molar-refractivity contribution in [1.29, 1.82) is 5.26 Å². The van der Waals surface area contributed by atoms with Crippen molar-refractivity contribution in [3.05, 3.63) is 71.3 Å². The Labute approximate surface area is 141 Å². The lowest BCUT2D eigenvalue weighted by atomic mass is 10.1. The van der Waals surface area contributed by atoms with Crippen LogP contribution in [0.15, 0.2) is 54.6 Å². The number of carbonyl (C=O) groups is 2. The fraction of sp³-hybridized carbons (Fsp3) is 0.0556. The maximum Gasteiger partial charge on any atom is 0.471 e. The second-order valence-electron chi connectivity index (χ2n) is 4.93. The summed E-state index contributed by atoms with van der Waals surface area (Å²) in [6, 6.07) is 13.8. The molecule has 0 spiro atoms. The van der Waals surface area contributed by atoms with Gasteiger partial charge in [0, 0.05) is 5.56 Å². The van der Waals surface area contributed by atoms with Crippen molar-refractivity contribution >= 4 is 23.5 Å². The summed E-state index contributed by atoms with van der Waals surface area (Å²) in [5.74, 6) is -2.72. The van der Waals surface area contributed by atoms with Crippen LogP contribution in [0.25, 0.3) is 6.08 Å². The van der Waals surface area contributed by atoms with E-state index in [1.807, 2.05) is 6.07 Å². The van der Waals surface area contributed by atoms with E-state index in [0.29, 0.717) is 11.1 Å². The number of nitrogens with zero attached hydrogens (tertiary/aromatic N) is 1. The van der Waals surface area contributed by atoms with Crippen LogP contribution in [-0.4, -0.2) is 17.9 Å². The first kappa shape index (κ1) is 17.9. The number of allylic oxidation sites excluding steroid dienone is 1. The van der Waals surface area contributed by atoms with Crippen molar-refractivity contribution in [2.45, 2.75) is 6.18 Å². The van der Waals surface area contributed by atoms with Crippen molar-refractivity contribution in [2.24, 2.45) is 0 Å². The van der Waals surface area contributed by atoms with E-state index < -0.39 is 17.9 Å². The van der Waals surface area contributed by atoms with Crippen LogP contribution in [0.2, 0.25) is 0 Å². The fourth-order valence-electron chi connectivity index (χ4n) is 1.93. The number of hydrogen-bond acceptors (Lipinski definition) is 3. The van der Waals surface area contributed by atoms with Crippen LogP contribution in [0.5, 0.6) is 0 Å². The van der Waals surface area contributed by atoms with Crippen LogP contribution in [0.1, 0.15) is 21.5 Å². The molecule has 0 aromatic heterocycles. The number of benzene rings is 2. The van der Waals surface area contributed by atoms with Gasteiger partial charge < -0.3 is 5.32 Å². The molecular formula is C18H11F3N2O2. The molecule has 2 aromatic carbocycles. The lowest BCUT2D eigenvalue weighted by Gasteiger charge is -2.10. The smallest absolute Gasteiger partial charge is 0.318 e. The first-order chi connectivity index (χ1) is 11.8. The van der Waals surface area contributed by atoms with Crippen molar-refractivity contribution in [1.82, 2.24) is 0 Å². The van der Waals surface area contributed by atoms with Crippen molar-refractivity contribution in [3.63, 3.8) is 0 Å². The summed E-state index contributed by atoms with van der Waals surface area (Å²) in [6.45, 7) is 0. The summed E-state index contributed by atoms with van der Waals surface area (Å²) in [5.41, 5.74) is 0.817.